The van der Waals surface area contributed by atoms with Gasteiger partial charge in [0.05, 0.1) is 5.56 Å². The third kappa shape index (κ3) is 4.59. The van der Waals surface area contributed by atoms with Gasteiger partial charge in [-0.1, -0.05) is 12.2 Å². The number of likely N-dealkylation sites (N-methyl/N-ethyl adjacent to an activating group) is 1. The molecule has 1 atom stereocenters. The van der Waals surface area contributed by atoms with E-state index in [-0.39, 0.29) is 10.6 Å². The number of nitrogens with one attached hydrogen (secondary N) is 1. The Morgan fingerprint density at radius 1 is 1.48 bits per heavy atom. The van der Waals surface area contributed by atoms with Crippen molar-refractivity contribution >= 4 is 23.1 Å². The number of amides is 1. The zero-order valence-corrected chi connectivity index (χ0v) is 12.3. The Morgan fingerprint density at radius 2 is 2.10 bits per heavy atom. The normalized spacial score (nSPS) is 12.6. The van der Waals surface area contributed by atoms with E-state index in [0.29, 0.717) is 6.54 Å². The van der Waals surface area contributed by atoms with E-state index in [1.165, 1.54) is 13.0 Å². The Bertz CT molecular complexity index is 547. The molecule has 8 heteroatoms. The van der Waals surface area contributed by atoms with Crippen LogP contribution in [-0.2, 0) is 11.0 Å². The molecule has 0 aliphatic carbocycles. The van der Waals surface area contributed by atoms with Crippen LogP contribution in [0.4, 0.5) is 13.2 Å². The van der Waals surface area contributed by atoms with Crippen molar-refractivity contribution in [2.75, 3.05) is 6.54 Å². The lowest BCUT2D eigenvalue weighted by Gasteiger charge is -2.19. The van der Waals surface area contributed by atoms with Crippen LogP contribution in [0, 0.1) is 0 Å². The molecule has 3 N–H and O–H groups in total. The lowest BCUT2D eigenvalue weighted by atomic mass is 10.1. The molecule has 1 amide bonds. The number of hydrogen-bond acceptors (Lipinski definition) is 3. The Hall–Kier alpha value is -1.83. The predicted molar refractivity (Wildman–Crippen MR) is 76.1 cm³/mol. The number of hydrogen-bond donors (Lipinski definition) is 2. The minimum Gasteiger partial charge on any atom is -0.480 e. The van der Waals surface area contributed by atoms with Gasteiger partial charge in [-0.05, 0) is 32.0 Å². The molecule has 0 radical (unpaired) electrons. The molecule has 1 unspecified atom stereocenters. The van der Waals surface area contributed by atoms with Gasteiger partial charge in [0, 0.05) is 12.1 Å². The van der Waals surface area contributed by atoms with Crippen LogP contribution in [0.1, 0.15) is 25.0 Å². The Kier molecular flexibility index (Phi) is 5.54. The summed E-state index contributed by atoms with van der Waals surface area (Å²) in [6.45, 7) is 3.43. The van der Waals surface area contributed by atoms with Crippen molar-refractivity contribution in [3.8, 4) is 5.75 Å². The summed E-state index contributed by atoms with van der Waals surface area (Å²) in [6, 6.07) is 3.23. The minimum atomic E-state index is -4.64. The third-order valence-electron chi connectivity index (χ3n) is 2.59. The van der Waals surface area contributed by atoms with Crippen molar-refractivity contribution in [1.29, 1.82) is 0 Å². The van der Waals surface area contributed by atoms with Crippen molar-refractivity contribution in [2.24, 2.45) is 5.73 Å². The zero-order chi connectivity index (χ0) is 16.2. The summed E-state index contributed by atoms with van der Waals surface area (Å²) in [6.07, 6.45) is -5.70. The highest BCUT2D eigenvalue weighted by atomic mass is 32.1. The number of halogens is 3. The standard InChI is InChI=1S/C13H15F3N2O2S/c1-3-18-12(19)7(2)20-10-5-4-8(11(17)21)6-9(10)13(14,15)16/h4-7H,3H2,1-2H3,(H2,17,21)(H,18,19). The molecule has 1 aromatic carbocycles. The SMILES string of the molecule is CCNC(=O)C(C)Oc1ccc(C(N)=S)cc1C(F)(F)F. The summed E-state index contributed by atoms with van der Waals surface area (Å²) in [5.41, 5.74) is 4.38. The summed E-state index contributed by atoms with van der Waals surface area (Å²) >= 11 is 4.66. The van der Waals surface area contributed by atoms with E-state index in [1.807, 2.05) is 0 Å². The molecule has 1 aromatic rings. The van der Waals surface area contributed by atoms with Crippen LogP contribution in [-0.4, -0.2) is 23.5 Å². The van der Waals surface area contributed by atoms with Crippen molar-refractivity contribution in [3.63, 3.8) is 0 Å². The van der Waals surface area contributed by atoms with Crippen LogP contribution < -0.4 is 15.8 Å². The average molecular weight is 320 g/mol. The number of benzene rings is 1. The highest BCUT2D eigenvalue weighted by molar-refractivity contribution is 7.80. The number of rotatable bonds is 5. The van der Waals surface area contributed by atoms with Gasteiger partial charge >= 0.3 is 6.18 Å². The number of carbonyl (C=O) groups excluding carboxylic acids is 1. The summed E-state index contributed by atoms with van der Waals surface area (Å²) in [7, 11) is 0. The lowest BCUT2D eigenvalue weighted by Crippen LogP contribution is -2.36. The highest BCUT2D eigenvalue weighted by Crippen LogP contribution is 2.37. The lowest BCUT2D eigenvalue weighted by molar-refractivity contribution is -0.140. The second-order valence-corrected chi connectivity index (χ2v) is 4.67. The van der Waals surface area contributed by atoms with E-state index in [1.54, 1.807) is 6.92 Å². The molecule has 0 saturated heterocycles. The van der Waals surface area contributed by atoms with Gasteiger partial charge in [0.15, 0.2) is 6.10 Å². The maximum atomic E-state index is 13.0. The molecule has 116 valence electrons. The second kappa shape index (κ2) is 6.75. The molecule has 0 bridgehead atoms. The summed E-state index contributed by atoms with van der Waals surface area (Å²) in [5.74, 6) is -0.940. The fourth-order valence-electron chi connectivity index (χ4n) is 1.57. The highest BCUT2D eigenvalue weighted by Gasteiger charge is 2.35. The van der Waals surface area contributed by atoms with Gasteiger partial charge in [0.1, 0.15) is 10.7 Å². The topological polar surface area (TPSA) is 64.3 Å². The minimum absolute atomic E-state index is 0.0790. The van der Waals surface area contributed by atoms with Gasteiger partial charge < -0.3 is 15.8 Å². The smallest absolute Gasteiger partial charge is 0.419 e. The molecule has 0 spiro atoms. The van der Waals surface area contributed by atoms with E-state index < -0.39 is 29.5 Å². The number of carbonyl (C=O) groups is 1. The molecular formula is C13H15F3N2O2S. The van der Waals surface area contributed by atoms with Gasteiger partial charge in [-0.2, -0.15) is 13.2 Å². The molecular weight excluding hydrogens is 305 g/mol. The summed E-state index contributed by atoms with van der Waals surface area (Å²) in [4.78, 5) is 11.4. The summed E-state index contributed by atoms with van der Waals surface area (Å²) < 4.78 is 44.2. The van der Waals surface area contributed by atoms with E-state index in [0.717, 1.165) is 12.1 Å². The first-order chi connectivity index (χ1) is 9.66. The number of thiocarbonyl (C=S) groups is 1. The van der Waals surface area contributed by atoms with E-state index in [9.17, 15) is 18.0 Å². The first-order valence-electron chi connectivity index (χ1n) is 6.12. The molecule has 0 heterocycles. The quantitative estimate of drug-likeness (QED) is 0.817. The molecule has 0 aliphatic heterocycles. The number of nitrogens with two attached hydrogens (primary N) is 1. The maximum absolute atomic E-state index is 13.0. The summed E-state index contributed by atoms with van der Waals surface area (Å²) in [5, 5.41) is 2.47. The Balaban J connectivity index is 3.12. The largest absolute Gasteiger partial charge is 0.480 e. The van der Waals surface area contributed by atoms with Gasteiger partial charge in [0.25, 0.3) is 5.91 Å². The Morgan fingerprint density at radius 3 is 2.57 bits per heavy atom. The number of ether oxygens (including phenoxy) is 1. The van der Waals surface area contributed by atoms with E-state index in [4.69, 9.17) is 10.5 Å². The first kappa shape index (κ1) is 17.2. The van der Waals surface area contributed by atoms with Crippen molar-refractivity contribution < 1.29 is 22.7 Å². The molecule has 4 nitrogen and oxygen atoms in total. The molecule has 0 saturated carbocycles. The fraction of sp³-hybridized carbons (Fsp3) is 0.385. The molecule has 0 aliphatic rings. The van der Waals surface area contributed by atoms with Crippen LogP contribution in [0.15, 0.2) is 18.2 Å². The van der Waals surface area contributed by atoms with Crippen molar-refractivity contribution in [1.82, 2.24) is 5.32 Å². The third-order valence-corrected chi connectivity index (χ3v) is 2.83. The number of alkyl halides is 3. The van der Waals surface area contributed by atoms with Gasteiger partial charge in [0.2, 0.25) is 0 Å². The van der Waals surface area contributed by atoms with Gasteiger partial charge in [-0.15, -0.1) is 0 Å². The van der Waals surface area contributed by atoms with Crippen LogP contribution in [0.25, 0.3) is 0 Å². The van der Waals surface area contributed by atoms with Crippen molar-refractivity contribution in [2.45, 2.75) is 26.1 Å². The predicted octanol–water partition coefficient (Wildman–Crippen LogP) is 2.24. The first-order valence-corrected chi connectivity index (χ1v) is 6.53. The average Bonchev–Trinajstić information content (AvgIpc) is 2.37. The van der Waals surface area contributed by atoms with Crippen LogP contribution >= 0.6 is 12.2 Å². The molecule has 0 fully saturated rings. The molecule has 21 heavy (non-hydrogen) atoms. The van der Waals surface area contributed by atoms with Crippen LogP contribution in [0.3, 0.4) is 0 Å². The fourth-order valence-corrected chi connectivity index (χ4v) is 1.70. The van der Waals surface area contributed by atoms with Crippen LogP contribution in [0.5, 0.6) is 5.75 Å². The van der Waals surface area contributed by atoms with Crippen molar-refractivity contribution in [3.05, 3.63) is 29.3 Å². The molecule has 0 aromatic heterocycles. The van der Waals surface area contributed by atoms with E-state index >= 15 is 0 Å². The van der Waals surface area contributed by atoms with Gasteiger partial charge in [-0.3, -0.25) is 4.79 Å². The Labute approximate surface area is 125 Å². The maximum Gasteiger partial charge on any atom is 0.419 e. The zero-order valence-electron chi connectivity index (χ0n) is 11.5. The van der Waals surface area contributed by atoms with Crippen LogP contribution in [0.2, 0.25) is 0 Å². The second-order valence-electron chi connectivity index (χ2n) is 4.23. The monoisotopic (exact) mass is 320 g/mol. The molecule has 1 rings (SSSR count). The van der Waals surface area contributed by atoms with Gasteiger partial charge in [-0.25, -0.2) is 0 Å². The van der Waals surface area contributed by atoms with E-state index in [2.05, 4.69) is 17.5 Å².